The predicted octanol–water partition coefficient (Wildman–Crippen LogP) is 5.83. The van der Waals surface area contributed by atoms with Crippen molar-refractivity contribution in [2.75, 3.05) is 7.11 Å². The maximum absolute atomic E-state index is 14.0. The summed E-state index contributed by atoms with van der Waals surface area (Å²) in [4.78, 5) is 12.9. The first kappa shape index (κ1) is 21.2. The minimum absolute atomic E-state index is 0.0198. The number of amides is 1. The van der Waals surface area contributed by atoms with E-state index in [-0.39, 0.29) is 28.4 Å². The van der Waals surface area contributed by atoms with E-state index in [1.807, 2.05) is 6.92 Å². The molecule has 4 nitrogen and oxygen atoms in total. The van der Waals surface area contributed by atoms with Crippen LogP contribution in [0.5, 0.6) is 0 Å². The topological polar surface area (TPSA) is 58.6 Å². The highest BCUT2D eigenvalue weighted by Crippen LogP contribution is 2.44. The molecule has 0 unspecified atom stereocenters. The molecule has 1 amide bonds. The molecule has 0 saturated heterocycles. The van der Waals surface area contributed by atoms with Gasteiger partial charge in [-0.15, -0.1) is 0 Å². The number of aryl methyl sites for hydroxylation is 1. The Morgan fingerprint density at radius 2 is 1.83 bits per heavy atom. The van der Waals surface area contributed by atoms with E-state index < -0.39 is 11.4 Å². The molecule has 1 aliphatic heterocycles. The van der Waals surface area contributed by atoms with Crippen LogP contribution in [0, 0.1) is 12.7 Å². The van der Waals surface area contributed by atoms with Crippen molar-refractivity contribution >= 4 is 34.7 Å². The van der Waals surface area contributed by atoms with Gasteiger partial charge < -0.3 is 15.2 Å². The number of rotatable bonds is 3. The Morgan fingerprint density at radius 3 is 2.47 bits per heavy atom. The number of aliphatic hydroxyl groups excluding tert-OH is 1. The first-order valence-corrected chi connectivity index (χ1v) is 10.6. The molecule has 4 rings (SSSR count). The normalized spacial score (nSPS) is 23.9. The minimum Gasteiger partial charge on any atom is -0.509 e. The molecule has 1 spiro atoms. The number of aliphatic hydroxyl groups is 1. The van der Waals surface area contributed by atoms with Crippen LogP contribution in [0.3, 0.4) is 0 Å². The van der Waals surface area contributed by atoms with Crippen LogP contribution in [0.1, 0.15) is 36.8 Å². The third-order valence-corrected chi connectivity index (χ3v) is 6.82. The van der Waals surface area contributed by atoms with Crippen LogP contribution in [0.2, 0.25) is 10.0 Å². The van der Waals surface area contributed by atoms with Gasteiger partial charge in [-0.3, -0.25) is 4.79 Å². The molecule has 1 heterocycles. The number of halogens is 3. The average Bonchev–Trinajstić information content (AvgIpc) is 2.95. The van der Waals surface area contributed by atoms with Crippen molar-refractivity contribution in [1.29, 1.82) is 0 Å². The number of carbonyl (C=O) groups is 1. The van der Waals surface area contributed by atoms with Gasteiger partial charge in [-0.25, -0.2) is 4.39 Å². The quantitative estimate of drug-likeness (QED) is 0.618. The van der Waals surface area contributed by atoms with Crippen molar-refractivity contribution in [3.8, 4) is 11.1 Å². The second-order valence-corrected chi connectivity index (χ2v) is 8.79. The van der Waals surface area contributed by atoms with Gasteiger partial charge in [0.15, 0.2) is 0 Å². The Hall–Kier alpha value is -2.08. The van der Waals surface area contributed by atoms with Gasteiger partial charge in [-0.05, 0) is 73.6 Å². The first-order valence-electron chi connectivity index (χ1n) is 9.80. The molecule has 1 fully saturated rings. The van der Waals surface area contributed by atoms with Crippen LogP contribution in [-0.2, 0) is 9.53 Å². The summed E-state index contributed by atoms with van der Waals surface area (Å²) in [5.41, 5.74) is 1.90. The fourth-order valence-corrected chi connectivity index (χ4v) is 4.89. The molecule has 2 aromatic carbocycles. The Balaban J connectivity index is 1.80. The molecule has 0 radical (unpaired) electrons. The maximum Gasteiger partial charge on any atom is 0.256 e. The molecule has 0 aromatic heterocycles. The van der Waals surface area contributed by atoms with Crippen LogP contribution in [-0.4, -0.2) is 29.8 Å². The number of nitrogens with one attached hydrogen (secondary N) is 1. The van der Waals surface area contributed by atoms with E-state index in [0.717, 1.165) is 18.4 Å². The maximum atomic E-state index is 14.0. The number of hydrogen-bond acceptors (Lipinski definition) is 3. The third-order valence-electron chi connectivity index (χ3n) is 6.20. The molecule has 2 aliphatic rings. The summed E-state index contributed by atoms with van der Waals surface area (Å²) >= 11 is 12.2. The van der Waals surface area contributed by atoms with Gasteiger partial charge in [-0.2, -0.15) is 0 Å². The smallest absolute Gasteiger partial charge is 0.256 e. The van der Waals surface area contributed by atoms with Crippen LogP contribution < -0.4 is 5.32 Å². The number of ether oxygens (including phenoxy) is 1. The molecule has 2 aromatic rings. The van der Waals surface area contributed by atoms with Crippen molar-refractivity contribution in [1.82, 2.24) is 5.32 Å². The van der Waals surface area contributed by atoms with Crippen LogP contribution in [0.25, 0.3) is 16.7 Å². The second-order valence-electron chi connectivity index (χ2n) is 7.97. The Bertz CT molecular complexity index is 1060. The summed E-state index contributed by atoms with van der Waals surface area (Å²) in [6.45, 7) is 1.83. The molecule has 158 valence electrons. The van der Waals surface area contributed by atoms with E-state index >= 15 is 0 Å². The fraction of sp³-hybridized carbons (Fsp3) is 0.348. The lowest BCUT2D eigenvalue weighted by Gasteiger charge is -2.36. The van der Waals surface area contributed by atoms with E-state index in [2.05, 4.69) is 5.32 Å². The van der Waals surface area contributed by atoms with Crippen molar-refractivity contribution < 1.29 is 19.0 Å². The van der Waals surface area contributed by atoms with Crippen LogP contribution in [0.15, 0.2) is 36.1 Å². The van der Waals surface area contributed by atoms with E-state index in [0.29, 0.717) is 34.6 Å². The predicted molar refractivity (Wildman–Crippen MR) is 116 cm³/mol. The molecular formula is C23H22Cl2FNO3. The zero-order chi connectivity index (χ0) is 21.6. The fourth-order valence-electron chi connectivity index (χ4n) is 4.44. The number of carbonyl (C=O) groups excluding carboxylic acids is 1. The van der Waals surface area contributed by atoms with Crippen molar-refractivity contribution in [3.05, 3.63) is 63.1 Å². The Labute approximate surface area is 184 Å². The minimum atomic E-state index is -0.764. The molecule has 1 saturated carbocycles. The summed E-state index contributed by atoms with van der Waals surface area (Å²) in [5.74, 6) is -0.815. The summed E-state index contributed by atoms with van der Waals surface area (Å²) < 4.78 is 19.4. The van der Waals surface area contributed by atoms with Gasteiger partial charge in [0.05, 0.1) is 22.2 Å². The zero-order valence-electron chi connectivity index (χ0n) is 16.7. The third kappa shape index (κ3) is 3.49. The van der Waals surface area contributed by atoms with E-state index in [1.54, 1.807) is 25.3 Å². The lowest BCUT2D eigenvalue weighted by atomic mass is 9.79. The summed E-state index contributed by atoms with van der Waals surface area (Å²) in [5, 5.41) is 14.6. The lowest BCUT2D eigenvalue weighted by Crippen LogP contribution is -2.48. The summed E-state index contributed by atoms with van der Waals surface area (Å²) in [6, 6.07) is 7.89. The van der Waals surface area contributed by atoms with Crippen LogP contribution in [0.4, 0.5) is 4.39 Å². The van der Waals surface area contributed by atoms with Gasteiger partial charge >= 0.3 is 0 Å². The molecule has 2 N–H and O–H groups in total. The first-order chi connectivity index (χ1) is 14.3. The van der Waals surface area contributed by atoms with Crippen molar-refractivity contribution in [2.45, 2.75) is 44.2 Å². The Morgan fingerprint density at radius 1 is 1.13 bits per heavy atom. The van der Waals surface area contributed by atoms with Gasteiger partial charge in [0, 0.05) is 17.7 Å². The number of benzene rings is 2. The highest BCUT2D eigenvalue weighted by Gasteiger charge is 2.48. The highest BCUT2D eigenvalue weighted by molar-refractivity contribution is 6.34. The Kier molecular flexibility index (Phi) is 5.56. The largest absolute Gasteiger partial charge is 0.509 e. The van der Waals surface area contributed by atoms with Crippen LogP contribution >= 0.6 is 23.2 Å². The highest BCUT2D eigenvalue weighted by atomic mass is 35.5. The molecule has 0 bridgehead atoms. The average molecular weight is 450 g/mol. The van der Waals surface area contributed by atoms with Gasteiger partial charge in [0.25, 0.3) is 5.91 Å². The zero-order valence-corrected chi connectivity index (χ0v) is 18.2. The molecular weight excluding hydrogens is 428 g/mol. The van der Waals surface area contributed by atoms with Gasteiger partial charge in [0.2, 0.25) is 0 Å². The molecule has 7 heteroatoms. The van der Waals surface area contributed by atoms with E-state index in [1.165, 1.54) is 12.1 Å². The molecule has 0 atom stereocenters. The number of methoxy groups -OCH3 is 1. The summed E-state index contributed by atoms with van der Waals surface area (Å²) in [6.07, 6.45) is 2.85. The van der Waals surface area contributed by atoms with E-state index in [4.69, 9.17) is 27.9 Å². The monoisotopic (exact) mass is 449 g/mol. The molecule has 30 heavy (non-hydrogen) atoms. The van der Waals surface area contributed by atoms with Crippen molar-refractivity contribution in [3.63, 3.8) is 0 Å². The standard InChI is InChI=1S/C23H22Cl2FNO3/c1-12-9-18(25)16(13-3-4-17(24)19(26)10-13)11-15(12)20-21(28)23(27-22(20)29)7-5-14(30-2)6-8-23/h3-4,9-11,14,28H,5-8H2,1-2H3,(H,27,29)/t14-,23-. The molecule has 1 aliphatic carbocycles. The second kappa shape index (κ2) is 7.88. The van der Waals surface area contributed by atoms with E-state index in [9.17, 15) is 14.3 Å². The lowest BCUT2D eigenvalue weighted by molar-refractivity contribution is -0.116. The SMILES string of the molecule is CO[C@H]1CC[C@@]2(CC1)NC(=O)C(c1cc(-c3ccc(Cl)c(F)c3)c(Cl)cc1C)=C2O. The summed E-state index contributed by atoms with van der Waals surface area (Å²) in [7, 11) is 1.68. The van der Waals surface area contributed by atoms with Gasteiger partial charge in [0.1, 0.15) is 11.6 Å². The number of hydrogen-bond donors (Lipinski definition) is 2. The van der Waals surface area contributed by atoms with Crippen molar-refractivity contribution in [2.24, 2.45) is 0 Å². The van der Waals surface area contributed by atoms with Gasteiger partial charge in [-0.1, -0.05) is 29.3 Å².